The summed E-state index contributed by atoms with van der Waals surface area (Å²) < 4.78 is 29.7. The maximum atomic E-state index is 9.72. The topological polar surface area (TPSA) is 120 Å². The van der Waals surface area contributed by atoms with Crippen LogP contribution < -0.4 is 16.0 Å². The molecule has 0 fully saturated rings. The van der Waals surface area contributed by atoms with Gasteiger partial charge < -0.3 is 21.1 Å². The van der Waals surface area contributed by atoms with Crippen molar-refractivity contribution in [3.8, 4) is 0 Å². The average Bonchev–Trinajstić information content (AvgIpc) is 2.52. The first-order valence-corrected chi connectivity index (χ1v) is 8.53. The molecule has 9 heteroatoms. The molecule has 2 atom stereocenters. The van der Waals surface area contributed by atoms with Crippen molar-refractivity contribution in [3.63, 3.8) is 0 Å². The molecule has 23 heavy (non-hydrogen) atoms. The summed E-state index contributed by atoms with van der Waals surface area (Å²) in [5, 5.41) is 19.6. The molecule has 5 N–H and O–H groups in total. The van der Waals surface area contributed by atoms with E-state index in [4.69, 9.17) is 4.55 Å². The van der Waals surface area contributed by atoms with Gasteiger partial charge in [-0.05, 0) is 20.9 Å². The van der Waals surface area contributed by atoms with Crippen LogP contribution in [0.3, 0.4) is 0 Å². The molecule has 0 rings (SSSR count). The monoisotopic (exact) mass is 353 g/mol. The molecule has 0 radical (unpaired) electrons. The van der Waals surface area contributed by atoms with Gasteiger partial charge in [0.05, 0.1) is 19.3 Å². The van der Waals surface area contributed by atoms with Crippen LogP contribution in [0.4, 0.5) is 0 Å². The second kappa shape index (κ2) is 12.6. The zero-order chi connectivity index (χ0) is 18.5. The van der Waals surface area contributed by atoms with Gasteiger partial charge >= 0.3 is 10.4 Å². The third kappa shape index (κ3) is 9.82. The second-order valence-electron chi connectivity index (χ2n) is 4.88. The van der Waals surface area contributed by atoms with Crippen molar-refractivity contribution in [2.75, 3.05) is 33.9 Å². The summed E-state index contributed by atoms with van der Waals surface area (Å²) in [5.41, 5.74) is -0.411. The van der Waals surface area contributed by atoms with E-state index in [1.807, 2.05) is 19.2 Å². The molecule has 0 aromatic rings. The van der Waals surface area contributed by atoms with Crippen LogP contribution in [0, 0.1) is 0 Å². The third-order valence-corrected chi connectivity index (χ3v) is 4.04. The third-order valence-electron chi connectivity index (χ3n) is 3.62. The van der Waals surface area contributed by atoms with Crippen LogP contribution in [-0.2, 0) is 14.6 Å². The number of aliphatic hydroxyl groups is 1. The number of nitrogens with one attached hydrogen (secondary N) is 3. The quantitative estimate of drug-likeness (QED) is 0.254. The van der Waals surface area contributed by atoms with Crippen molar-refractivity contribution in [1.29, 1.82) is 0 Å². The molecular weight excluding hydrogens is 322 g/mol. The van der Waals surface area contributed by atoms with E-state index in [0.29, 0.717) is 0 Å². The van der Waals surface area contributed by atoms with Gasteiger partial charge in [0.2, 0.25) is 0 Å². The van der Waals surface area contributed by atoms with E-state index < -0.39 is 15.9 Å². The van der Waals surface area contributed by atoms with Gasteiger partial charge in [-0.3, -0.25) is 8.74 Å². The van der Waals surface area contributed by atoms with Gasteiger partial charge in [-0.15, -0.1) is 13.2 Å². The highest BCUT2D eigenvalue weighted by molar-refractivity contribution is 7.80. The van der Waals surface area contributed by atoms with Crippen LogP contribution in [0.2, 0.25) is 0 Å². The lowest BCUT2D eigenvalue weighted by Crippen LogP contribution is -2.69. The minimum Gasteiger partial charge on any atom is -0.394 e. The molecule has 8 nitrogen and oxygen atoms in total. The molecule has 0 spiro atoms. The predicted molar refractivity (Wildman–Crippen MR) is 92.8 cm³/mol. The van der Waals surface area contributed by atoms with Crippen LogP contribution in [0.25, 0.3) is 0 Å². The number of rotatable bonds is 11. The maximum Gasteiger partial charge on any atom is 0.397 e. The fraction of sp³-hybridized carbons (Fsp3) is 0.714. The molecule has 0 heterocycles. The van der Waals surface area contributed by atoms with E-state index in [0.717, 1.165) is 20.2 Å². The summed E-state index contributed by atoms with van der Waals surface area (Å²) in [6, 6.07) is 0.227. The van der Waals surface area contributed by atoms with Crippen molar-refractivity contribution >= 4 is 10.4 Å². The Morgan fingerprint density at radius 2 is 1.52 bits per heavy atom. The van der Waals surface area contributed by atoms with Crippen molar-refractivity contribution < 1.29 is 22.3 Å². The SMILES string of the molecule is C=CCNC(C)C(CO)(NC)C(C)NCC=C.COS(=O)(=O)O. The highest BCUT2D eigenvalue weighted by atomic mass is 32.3. The highest BCUT2D eigenvalue weighted by Gasteiger charge is 2.38. The van der Waals surface area contributed by atoms with E-state index in [9.17, 15) is 13.5 Å². The molecule has 0 aromatic carbocycles. The summed E-state index contributed by atoms with van der Waals surface area (Å²) in [5.74, 6) is 0. The predicted octanol–water partition coefficient (Wildman–Crippen LogP) is -0.299. The van der Waals surface area contributed by atoms with Gasteiger partial charge in [-0.1, -0.05) is 12.2 Å². The van der Waals surface area contributed by atoms with Crippen molar-refractivity contribution in [2.45, 2.75) is 31.5 Å². The highest BCUT2D eigenvalue weighted by Crippen LogP contribution is 2.15. The first-order chi connectivity index (χ1) is 10.6. The van der Waals surface area contributed by atoms with E-state index in [-0.39, 0.29) is 18.7 Å². The summed E-state index contributed by atoms with van der Waals surface area (Å²) in [6.07, 6.45) is 3.63. The Morgan fingerprint density at radius 3 is 1.70 bits per heavy atom. The van der Waals surface area contributed by atoms with Crippen LogP contribution in [0.5, 0.6) is 0 Å². The smallest absolute Gasteiger partial charge is 0.394 e. The molecule has 0 amide bonds. The normalized spacial score (nSPS) is 16.4. The van der Waals surface area contributed by atoms with Crippen molar-refractivity contribution in [1.82, 2.24) is 16.0 Å². The molecule has 0 aromatic heterocycles. The average molecular weight is 353 g/mol. The summed E-state index contributed by atoms with van der Waals surface area (Å²) in [6.45, 7) is 13.0. The Hall–Kier alpha value is -0.810. The maximum absolute atomic E-state index is 9.72. The fourth-order valence-corrected chi connectivity index (χ4v) is 2.05. The lowest BCUT2D eigenvalue weighted by atomic mass is 9.84. The van der Waals surface area contributed by atoms with Gasteiger partial charge in [0.15, 0.2) is 0 Å². The zero-order valence-electron chi connectivity index (χ0n) is 14.4. The largest absolute Gasteiger partial charge is 0.397 e. The molecule has 0 saturated heterocycles. The van der Waals surface area contributed by atoms with Crippen LogP contribution in [-0.4, -0.2) is 69.6 Å². The van der Waals surface area contributed by atoms with Gasteiger partial charge in [0.25, 0.3) is 0 Å². The van der Waals surface area contributed by atoms with Crippen LogP contribution in [0.15, 0.2) is 25.3 Å². The Bertz CT molecular complexity index is 404. The minimum atomic E-state index is -4.16. The van der Waals surface area contributed by atoms with Gasteiger partial charge in [-0.2, -0.15) is 8.42 Å². The van der Waals surface area contributed by atoms with E-state index in [2.05, 4.69) is 47.1 Å². The van der Waals surface area contributed by atoms with Crippen LogP contribution in [0.1, 0.15) is 13.8 Å². The van der Waals surface area contributed by atoms with Crippen molar-refractivity contribution in [3.05, 3.63) is 25.3 Å². The van der Waals surface area contributed by atoms with E-state index >= 15 is 0 Å². The molecule has 2 unspecified atom stereocenters. The minimum absolute atomic E-state index is 0.0557. The molecular formula is C14H31N3O5S. The number of hydrogen-bond acceptors (Lipinski definition) is 7. The Kier molecular flexibility index (Phi) is 13.4. The summed E-state index contributed by atoms with van der Waals surface area (Å²) >= 11 is 0. The zero-order valence-corrected chi connectivity index (χ0v) is 15.2. The van der Waals surface area contributed by atoms with Gasteiger partial charge in [-0.25, -0.2) is 0 Å². The van der Waals surface area contributed by atoms with Crippen molar-refractivity contribution in [2.24, 2.45) is 0 Å². The molecule has 0 bridgehead atoms. The lowest BCUT2D eigenvalue weighted by molar-refractivity contribution is 0.104. The first kappa shape index (κ1) is 24.4. The molecule has 0 saturated carbocycles. The Morgan fingerprint density at radius 1 is 1.17 bits per heavy atom. The van der Waals surface area contributed by atoms with E-state index in [1.54, 1.807) is 0 Å². The molecule has 0 aliphatic heterocycles. The van der Waals surface area contributed by atoms with Gasteiger partial charge in [0.1, 0.15) is 0 Å². The molecule has 0 aliphatic carbocycles. The van der Waals surface area contributed by atoms with Crippen LogP contribution >= 0.6 is 0 Å². The summed E-state index contributed by atoms with van der Waals surface area (Å²) in [7, 11) is -1.42. The van der Waals surface area contributed by atoms with E-state index in [1.165, 1.54) is 0 Å². The number of aliphatic hydroxyl groups excluding tert-OH is 1. The lowest BCUT2D eigenvalue weighted by Gasteiger charge is -2.43. The Balaban J connectivity index is 0. The first-order valence-electron chi connectivity index (χ1n) is 7.16. The fourth-order valence-electron chi connectivity index (χ4n) is 2.05. The van der Waals surface area contributed by atoms with Gasteiger partial charge in [0, 0.05) is 25.2 Å². The number of likely N-dealkylation sites (N-methyl/N-ethyl adjacent to an activating group) is 1. The number of hydrogen-bond donors (Lipinski definition) is 5. The Labute approximate surface area is 140 Å². The summed E-state index contributed by atoms with van der Waals surface area (Å²) in [4.78, 5) is 0. The molecule has 0 aliphatic rings. The second-order valence-corrected chi connectivity index (χ2v) is 6.07. The molecule has 138 valence electrons. The standard InChI is InChI=1S/C13H27N3O.CH4O4S/c1-6-8-15-11(3)13(10-17,14-5)12(4)16-9-7-2;1-5-6(2,3)4/h6-7,11-12,14-17H,1-2,8-10H2,3-5H3;1H3,(H,2,3,4).